The van der Waals surface area contributed by atoms with Gasteiger partial charge in [-0.3, -0.25) is 9.89 Å². The predicted octanol–water partition coefficient (Wildman–Crippen LogP) is -1.54. The third-order valence-corrected chi connectivity index (χ3v) is 3.60. The van der Waals surface area contributed by atoms with Crippen LogP contribution in [0.1, 0.15) is 25.3 Å². The van der Waals surface area contributed by atoms with E-state index >= 15 is 0 Å². The van der Waals surface area contributed by atoms with E-state index in [1.165, 1.54) is 10.8 Å². The smallest absolute Gasteiger partial charge is 0.276 e. The van der Waals surface area contributed by atoms with E-state index in [-0.39, 0.29) is 18.9 Å². The van der Waals surface area contributed by atoms with Gasteiger partial charge in [-0.1, -0.05) is 5.92 Å². The van der Waals surface area contributed by atoms with Crippen LogP contribution in [0.3, 0.4) is 0 Å². The van der Waals surface area contributed by atoms with Gasteiger partial charge in [0.2, 0.25) is 0 Å². The lowest BCUT2D eigenvalue weighted by Crippen LogP contribution is -2.26. The molecule has 122 valence electrons. The van der Waals surface area contributed by atoms with Crippen molar-refractivity contribution in [1.82, 2.24) is 19.7 Å². The molecular weight excluding hydrogens is 302 g/mol. The standard InChI is InChI=1S/C14H17N5O4/c1-7(15)2-3-19-13(10-4-9(21)11(6-20)23-10)17-12-8(14(19)22)5-16-18-12/h5,7,9-11,20-21H,4,6,15H2,1H3,(H,16,18)/t7?,9-,10?,11+/m0/s1. The maximum absolute atomic E-state index is 12.6. The Balaban J connectivity index is 2.13. The Kier molecular flexibility index (Phi) is 4.14. The third-order valence-electron chi connectivity index (χ3n) is 3.60. The Labute approximate surface area is 131 Å². The Morgan fingerprint density at radius 1 is 1.65 bits per heavy atom. The van der Waals surface area contributed by atoms with Crippen molar-refractivity contribution in [2.45, 2.75) is 37.7 Å². The minimum Gasteiger partial charge on any atom is -0.394 e. The van der Waals surface area contributed by atoms with Gasteiger partial charge in [0.05, 0.1) is 24.9 Å². The van der Waals surface area contributed by atoms with Gasteiger partial charge < -0.3 is 20.7 Å². The van der Waals surface area contributed by atoms with Crippen LogP contribution in [0.2, 0.25) is 0 Å². The highest BCUT2D eigenvalue weighted by Crippen LogP contribution is 2.31. The molecule has 1 saturated heterocycles. The molecule has 0 bridgehead atoms. The lowest BCUT2D eigenvalue weighted by molar-refractivity contribution is -0.0252. The van der Waals surface area contributed by atoms with Gasteiger partial charge in [0.25, 0.3) is 5.56 Å². The number of ether oxygens (including phenoxy) is 1. The molecule has 2 aromatic heterocycles. The second-order valence-corrected chi connectivity index (χ2v) is 5.44. The molecule has 2 unspecified atom stereocenters. The molecular formula is C14H17N5O4. The van der Waals surface area contributed by atoms with Crippen LogP contribution in [-0.4, -0.2) is 54.8 Å². The summed E-state index contributed by atoms with van der Waals surface area (Å²) in [6.45, 7) is 1.37. The number of nitrogens with zero attached hydrogens (tertiary/aromatic N) is 3. The minimum absolute atomic E-state index is 0.206. The van der Waals surface area contributed by atoms with E-state index in [2.05, 4.69) is 27.1 Å². The van der Waals surface area contributed by atoms with Crippen LogP contribution in [0.15, 0.2) is 11.0 Å². The first-order valence-electron chi connectivity index (χ1n) is 7.18. The molecule has 9 heteroatoms. The fourth-order valence-electron chi connectivity index (χ4n) is 2.46. The Morgan fingerprint density at radius 3 is 3.09 bits per heavy atom. The zero-order valence-corrected chi connectivity index (χ0v) is 12.4. The van der Waals surface area contributed by atoms with Crippen LogP contribution in [0, 0.1) is 12.0 Å². The molecule has 23 heavy (non-hydrogen) atoms. The molecule has 5 N–H and O–H groups in total. The number of fused-ring (bicyclic) bond motifs is 1. The molecule has 3 rings (SSSR count). The summed E-state index contributed by atoms with van der Waals surface area (Å²) in [5.41, 5.74) is 5.54. The largest absolute Gasteiger partial charge is 0.394 e. The van der Waals surface area contributed by atoms with Crippen molar-refractivity contribution in [2.75, 3.05) is 6.61 Å². The van der Waals surface area contributed by atoms with Crippen LogP contribution in [0.25, 0.3) is 11.0 Å². The van der Waals surface area contributed by atoms with Gasteiger partial charge in [0.15, 0.2) is 11.5 Å². The average Bonchev–Trinajstić information content (AvgIpc) is 3.12. The first-order chi connectivity index (χ1) is 11.0. The van der Waals surface area contributed by atoms with Crippen LogP contribution in [-0.2, 0) is 4.74 Å². The normalized spacial score (nSPS) is 25.3. The van der Waals surface area contributed by atoms with Crippen molar-refractivity contribution in [3.8, 4) is 12.0 Å². The molecule has 2 aromatic rings. The highest BCUT2D eigenvalue weighted by atomic mass is 16.5. The minimum atomic E-state index is -0.839. The molecule has 0 aliphatic carbocycles. The Hall–Kier alpha value is -2.25. The topological polar surface area (TPSA) is 139 Å². The summed E-state index contributed by atoms with van der Waals surface area (Å²) in [5, 5.41) is 25.8. The molecule has 0 spiro atoms. The summed E-state index contributed by atoms with van der Waals surface area (Å²) in [4.78, 5) is 16.9. The van der Waals surface area contributed by atoms with E-state index < -0.39 is 29.9 Å². The van der Waals surface area contributed by atoms with Gasteiger partial charge >= 0.3 is 0 Å². The van der Waals surface area contributed by atoms with E-state index in [1.54, 1.807) is 6.92 Å². The summed E-state index contributed by atoms with van der Waals surface area (Å²) in [7, 11) is 0. The lowest BCUT2D eigenvalue weighted by Gasteiger charge is -2.13. The lowest BCUT2D eigenvalue weighted by atomic mass is 10.1. The number of aliphatic hydroxyl groups excluding tert-OH is 2. The summed E-state index contributed by atoms with van der Waals surface area (Å²) >= 11 is 0. The van der Waals surface area contributed by atoms with E-state index in [0.717, 1.165) is 0 Å². The molecule has 1 aliphatic rings. The van der Waals surface area contributed by atoms with Gasteiger partial charge in [-0.15, -0.1) is 0 Å². The average molecular weight is 319 g/mol. The number of aliphatic hydroxyl groups is 2. The van der Waals surface area contributed by atoms with Gasteiger partial charge in [-0.2, -0.15) is 5.10 Å². The van der Waals surface area contributed by atoms with Gasteiger partial charge in [0.1, 0.15) is 17.6 Å². The number of nitrogens with two attached hydrogens (primary N) is 1. The highest BCUT2D eigenvalue weighted by Gasteiger charge is 2.37. The molecule has 0 aromatic carbocycles. The van der Waals surface area contributed by atoms with Crippen LogP contribution < -0.4 is 11.3 Å². The molecule has 9 nitrogen and oxygen atoms in total. The van der Waals surface area contributed by atoms with E-state index in [9.17, 15) is 15.0 Å². The number of aromatic nitrogens is 4. The molecule has 3 heterocycles. The molecule has 0 radical (unpaired) electrons. The summed E-state index contributed by atoms with van der Waals surface area (Å²) in [5.74, 6) is 2.96. The number of hydrogen-bond donors (Lipinski definition) is 4. The van der Waals surface area contributed by atoms with Crippen LogP contribution in [0.4, 0.5) is 0 Å². The van der Waals surface area contributed by atoms with Crippen molar-refractivity contribution < 1.29 is 14.9 Å². The summed E-state index contributed by atoms with van der Waals surface area (Å²) in [6.07, 6.45) is -0.639. The van der Waals surface area contributed by atoms with Crippen molar-refractivity contribution in [3.05, 3.63) is 22.4 Å². The van der Waals surface area contributed by atoms with Crippen molar-refractivity contribution in [3.63, 3.8) is 0 Å². The maximum Gasteiger partial charge on any atom is 0.276 e. The first-order valence-corrected chi connectivity index (χ1v) is 7.18. The van der Waals surface area contributed by atoms with Gasteiger partial charge in [0, 0.05) is 12.5 Å². The highest BCUT2D eigenvalue weighted by molar-refractivity contribution is 5.72. The zero-order valence-electron chi connectivity index (χ0n) is 12.4. The number of nitrogens with one attached hydrogen (secondary N) is 1. The van der Waals surface area contributed by atoms with Crippen LogP contribution in [0.5, 0.6) is 0 Å². The molecule has 0 amide bonds. The molecule has 4 atom stereocenters. The Morgan fingerprint density at radius 2 is 2.43 bits per heavy atom. The molecule has 1 aliphatic heterocycles. The van der Waals surface area contributed by atoms with E-state index in [4.69, 9.17) is 10.5 Å². The molecule has 0 saturated carbocycles. The Bertz CT molecular complexity index is 831. The van der Waals surface area contributed by atoms with Gasteiger partial charge in [-0.25, -0.2) is 9.55 Å². The summed E-state index contributed by atoms with van der Waals surface area (Å²) in [6, 6.07) is 2.27. The monoisotopic (exact) mass is 319 g/mol. The predicted molar refractivity (Wildman–Crippen MR) is 80.3 cm³/mol. The number of aromatic amines is 1. The quantitative estimate of drug-likeness (QED) is 0.492. The van der Waals surface area contributed by atoms with Crippen molar-refractivity contribution >= 4 is 11.0 Å². The number of rotatable bonds is 2. The number of H-pyrrole nitrogens is 1. The zero-order chi connectivity index (χ0) is 16.6. The van der Waals surface area contributed by atoms with Crippen LogP contribution >= 0.6 is 0 Å². The third kappa shape index (κ3) is 2.85. The van der Waals surface area contributed by atoms with Crippen molar-refractivity contribution in [1.29, 1.82) is 0 Å². The fourth-order valence-corrected chi connectivity index (χ4v) is 2.46. The summed E-state index contributed by atoms with van der Waals surface area (Å²) < 4.78 is 6.75. The SMILES string of the molecule is CC(N)C#Cn1c(C2C[C@H](O)[C@@H](CO)O2)nc2[nH]ncc2c1=O. The first kappa shape index (κ1) is 15.6. The van der Waals surface area contributed by atoms with E-state index in [1.807, 2.05) is 0 Å². The maximum atomic E-state index is 12.6. The van der Waals surface area contributed by atoms with E-state index in [0.29, 0.717) is 11.0 Å². The second-order valence-electron chi connectivity index (χ2n) is 5.44. The van der Waals surface area contributed by atoms with Crippen molar-refractivity contribution in [2.24, 2.45) is 5.73 Å². The van der Waals surface area contributed by atoms with Gasteiger partial charge in [-0.05, 0) is 6.92 Å². The fraction of sp³-hybridized carbons (Fsp3) is 0.500. The second kappa shape index (κ2) is 6.10. The molecule has 1 fully saturated rings. The number of hydrogen-bond acceptors (Lipinski definition) is 7.